The minimum Gasteiger partial charge on any atom is -0.462 e. The maximum atomic E-state index is 12.4. The Morgan fingerprint density at radius 2 is 1.51 bits per heavy atom. The lowest BCUT2D eigenvalue weighted by atomic mass is 9.46. The number of rotatable bonds is 9. The predicted octanol–water partition coefficient (Wildman–Crippen LogP) is 6.58. The van der Waals surface area contributed by atoms with Crippen LogP contribution in [0.5, 0.6) is 0 Å². The average molecular weight is 603 g/mol. The Balaban J connectivity index is 1.69. The van der Waals surface area contributed by atoms with E-state index in [4.69, 9.17) is 18.9 Å². The zero-order valence-electron chi connectivity index (χ0n) is 27.8. The van der Waals surface area contributed by atoms with Crippen molar-refractivity contribution >= 4 is 23.9 Å². The maximum Gasteiger partial charge on any atom is 0.302 e. The smallest absolute Gasteiger partial charge is 0.302 e. The van der Waals surface area contributed by atoms with Gasteiger partial charge in [0.1, 0.15) is 24.4 Å². The van der Waals surface area contributed by atoms with E-state index in [-0.39, 0.29) is 76.9 Å². The van der Waals surface area contributed by atoms with E-state index < -0.39 is 0 Å². The molecule has 242 valence electrons. The molecule has 3 fully saturated rings. The largest absolute Gasteiger partial charge is 0.462 e. The molecule has 4 aliphatic carbocycles. The van der Waals surface area contributed by atoms with Crippen molar-refractivity contribution in [3.63, 3.8) is 0 Å². The summed E-state index contributed by atoms with van der Waals surface area (Å²) in [7, 11) is 0. The lowest BCUT2D eigenvalue weighted by Gasteiger charge is -2.60. The highest BCUT2D eigenvalue weighted by Crippen LogP contribution is 2.68. The summed E-state index contributed by atoms with van der Waals surface area (Å²) < 4.78 is 23.7. The van der Waals surface area contributed by atoms with Crippen LogP contribution in [0.25, 0.3) is 0 Å². The fraction of sp³-hybridized carbons (Fsp3) is 0.829. The summed E-state index contributed by atoms with van der Waals surface area (Å²) >= 11 is 0. The van der Waals surface area contributed by atoms with Crippen molar-refractivity contribution in [3.05, 3.63) is 11.6 Å². The molecular formula is C35H54O8. The minimum absolute atomic E-state index is 0.0248. The van der Waals surface area contributed by atoms with Crippen LogP contribution in [0, 0.1) is 46.3 Å². The molecule has 0 N–H and O–H groups in total. The Labute approximate surface area is 258 Å². The Morgan fingerprint density at radius 3 is 2.09 bits per heavy atom. The van der Waals surface area contributed by atoms with Gasteiger partial charge in [0.15, 0.2) is 0 Å². The summed E-state index contributed by atoms with van der Waals surface area (Å²) in [6.07, 6.45) is 7.62. The standard InChI is InChI=1S/C35H54O8/c1-19(2)10-13-30(41-22(5)37)20(3)33-31(42-23(6)38)18-29-27-12-11-25-16-26(40-21(4)36)17-32(43-24(7)39)35(25,9)28(27)14-15-34(29,33)8/h11,19-20,26-33H,10,12-18H2,1-9H3/t20-,26-,27-,28+,29+,30+,31+,32-,33+,34+,35+/m1/s1. The molecule has 0 unspecified atom stereocenters. The second-order valence-electron chi connectivity index (χ2n) is 14.8. The number of carbonyl (C=O) groups excluding carboxylic acids is 4. The number of esters is 4. The molecule has 0 aliphatic heterocycles. The first-order valence-electron chi connectivity index (χ1n) is 16.5. The molecule has 0 radical (unpaired) electrons. The second-order valence-corrected chi connectivity index (χ2v) is 14.8. The molecule has 0 amide bonds. The molecular weight excluding hydrogens is 548 g/mol. The molecule has 3 saturated carbocycles. The fourth-order valence-electron chi connectivity index (χ4n) is 10.0. The molecule has 0 aromatic carbocycles. The summed E-state index contributed by atoms with van der Waals surface area (Å²) in [5.74, 6) is 0.292. The molecule has 8 heteroatoms. The van der Waals surface area contributed by atoms with Crippen LogP contribution in [0.15, 0.2) is 11.6 Å². The Bertz CT molecular complexity index is 1110. The van der Waals surface area contributed by atoms with Crippen LogP contribution in [-0.4, -0.2) is 48.3 Å². The molecule has 11 atom stereocenters. The van der Waals surface area contributed by atoms with Gasteiger partial charge in [0.25, 0.3) is 0 Å². The molecule has 0 bridgehead atoms. The number of fused-ring (bicyclic) bond motifs is 5. The number of ether oxygens (including phenoxy) is 4. The van der Waals surface area contributed by atoms with Gasteiger partial charge in [0.05, 0.1) is 0 Å². The van der Waals surface area contributed by atoms with Crippen LogP contribution in [-0.2, 0) is 38.1 Å². The predicted molar refractivity (Wildman–Crippen MR) is 161 cm³/mol. The third-order valence-corrected chi connectivity index (χ3v) is 11.7. The number of allylic oxidation sites excluding steroid dienone is 1. The fourth-order valence-corrected chi connectivity index (χ4v) is 10.0. The first-order valence-corrected chi connectivity index (χ1v) is 16.5. The number of hydrogen-bond acceptors (Lipinski definition) is 8. The van der Waals surface area contributed by atoms with E-state index in [0.717, 1.165) is 38.5 Å². The van der Waals surface area contributed by atoms with Crippen LogP contribution in [0.4, 0.5) is 0 Å². The Hall–Kier alpha value is -2.38. The Morgan fingerprint density at radius 1 is 0.860 bits per heavy atom. The van der Waals surface area contributed by atoms with Crippen molar-refractivity contribution in [1.82, 2.24) is 0 Å². The van der Waals surface area contributed by atoms with E-state index in [1.54, 1.807) is 0 Å². The van der Waals surface area contributed by atoms with Gasteiger partial charge >= 0.3 is 23.9 Å². The van der Waals surface area contributed by atoms with Gasteiger partial charge in [-0.05, 0) is 73.5 Å². The molecule has 4 rings (SSSR count). The van der Waals surface area contributed by atoms with Gasteiger partial charge in [-0.15, -0.1) is 0 Å². The van der Waals surface area contributed by atoms with Crippen LogP contribution < -0.4 is 0 Å². The van der Waals surface area contributed by atoms with E-state index in [1.807, 2.05) is 0 Å². The Kier molecular flexibility index (Phi) is 10.1. The second kappa shape index (κ2) is 12.9. The molecule has 0 heterocycles. The van der Waals surface area contributed by atoms with E-state index in [9.17, 15) is 19.2 Å². The van der Waals surface area contributed by atoms with Crippen molar-refractivity contribution in [3.8, 4) is 0 Å². The van der Waals surface area contributed by atoms with Gasteiger partial charge in [-0.3, -0.25) is 19.2 Å². The highest BCUT2D eigenvalue weighted by Gasteiger charge is 2.65. The van der Waals surface area contributed by atoms with Crippen molar-refractivity contribution in [1.29, 1.82) is 0 Å². The zero-order valence-corrected chi connectivity index (χ0v) is 27.8. The summed E-state index contributed by atoms with van der Waals surface area (Å²) in [6.45, 7) is 17.0. The summed E-state index contributed by atoms with van der Waals surface area (Å²) in [5.41, 5.74) is 0.763. The SMILES string of the molecule is CC(=O)O[C@@H]1CC2=CC[C@H]3[C@@H]4C[C@H](OC(C)=O)[C@H]([C@H](C)[C@H](CCC(C)C)OC(C)=O)[C@@]4(C)CC[C@@H]3[C@@]2(C)[C@H](OC(C)=O)C1. The maximum absolute atomic E-state index is 12.4. The highest BCUT2D eigenvalue weighted by molar-refractivity contribution is 5.67. The summed E-state index contributed by atoms with van der Waals surface area (Å²) in [4.78, 5) is 48.8. The number of hydrogen-bond donors (Lipinski definition) is 0. The van der Waals surface area contributed by atoms with Gasteiger partial charge in [-0.25, -0.2) is 0 Å². The molecule has 0 spiro atoms. The van der Waals surface area contributed by atoms with Crippen molar-refractivity contribution in [2.45, 2.75) is 138 Å². The van der Waals surface area contributed by atoms with Crippen LogP contribution >= 0.6 is 0 Å². The molecule has 0 saturated heterocycles. The summed E-state index contributed by atoms with van der Waals surface area (Å²) in [6, 6.07) is 0. The number of carbonyl (C=O) groups is 4. The van der Waals surface area contributed by atoms with Gasteiger partial charge in [0, 0.05) is 51.9 Å². The third kappa shape index (κ3) is 6.68. The lowest BCUT2D eigenvalue weighted by Crippen LogP contribution is -2.57. The summed E-state index contributed by atoms with van der Waals surface area (Å²) in [5, 5.41) is 0. The topological polar surface area (TPSA) is 105 Å². The van der Waals surface area contributed by atoms with Gasteiger partial charge in [-0.2, -0.15) is 0 Å². The molecule has 43 heavy (non-hydrogen) atoms. The van der Waals surface area contributed by atoms with Gasteiger partial charge in [-0.1, -0.05) is 46.3 Å². The monoisotopic (exact) mass is 602 g/mol. The van der Waals surface area contributed by atoms with Gasteiger partial charge in [0.2, 0.25) is 0 Å². The first-order chi connectivity index (χ1) is 20.1. The van der Waals surface area contributed by atoms with Crippen LogP contribution in [0.1, 0.15) is 114 Å². The zero-order chi connectivity index (χ0) is 31.9. The minimum atomic E-state index is -0.378. The molecule has 4 aliphatic rings. The quantitative estimate of drug-likeness (QED) is 0.165. The highest BCUT2D eigenvalue weighted by atomic mass is 16.6. The molecule has 0 aromatic rings. The van der Waals surface area contributed by atoms with E-state index in [0.29, 0.717) is 30.6 Å². The third-order valence-electron chi connectivity index (χ3n) is 11.7. The van der Waals surface area contributed by atoms with E-state index in [2.05, 4.69) is 40.7 Å². The van der Waals surface area contributed by atoms with Crippen molar-refractivity contribution in [2.24, 2.45) is 46.3 Å². The van der Waals surface area contributed by atoms with Crippen molar-refractivity contribution < 1.29 is 38.1 Å². The lowest BCUT2D eigenvalue weighted by molar-refractivity contribution is -0.173. The van der Waals surface area contributed by atoms with Crippen LogP contribution in [0.3, 0.4) is 0 Å². The van der Waals surface area contributed by atoms with E-state index >= 15 is 0 Å². The average Bonchev–Trinajstić information content (AvgIpc) is 3.17. The molecule has 0 aromatic heterocycles. The van der Waals surface area contributed by atoms with E-state index in [1.165, 1.54) is 33.3 Å². The van der Waals surface area contributed by atoms with Crippen molar-refractivity contribution in [2.75, 3.05) is 0 Å². The van der Waals surface area contributed by atoms with Gasteiger partial charge < -0.3 is 18.9 Å². The first kappa shape index (κ1) is 33.5. The van der Waals surface area contributed by atoms with Crippen LogP contribution in [0.2, 0.25) is 0 Å². The molecule has 8 nitrogen and oxygen atoms in total. The normalized spacial score (nSPS) is 38.0.